The third-order valence-corrected chi connectivity index (χ3v) is 5.43. The summed E-state index contributed by atoms with van der Waals surface area (Å²) in [5, 5.41) is 22.7. The molecule has 3 rings (SSSR count). The van der Waals surface area contributed by atoms with Gasteiger partial charge in [0.1, 0.15) is 42.6 Å². The molecule has 2 aromatic rings. The number of phenolic OH excluding ortho intramolecular Hbond substituents is 1. The van der Waals surface area contributed by atoms with Crippen molar-refractivity contribution in [2.24, 2.45) is 5.73 Å². The lowest BCUT2D eigenvalue weighted by atomic mass is 10.1. The number of hydrogen-bond acceptors (Lipinski definition) is 8. The molecule has 1 atom stereocenters. The number of ether oxygens (including phenoxy) is 2. The van der Waals surface area contributed by atoms with Crippen LogP contribution in [0.25, 0.3) is 0 Å². The Labute approximate surface area is 194 Å². The first-order chi connectivity index (χ1) is 15.7. The van der Waals surface area contributed by atoms with Crippen LogP contribution < -0.4 is 25.4 Å². The van der Waals surface area contributed by atoms with Gasteiger partial charge in [0.05, 0.1) is 6.20 Å². The molecule has 178 valence electrons. The average Bonchev–Trinajstić information content (AvgIpc) is 2.80. The van der Waals surface area contributed by atoms with Crippen LogP contribution in [0.2, 0.25) is 0 Å². The highest BCUT2D eigenvalue weighted by atomic mass is 16.5. The molecule has 33 heavy (non-hydrogen) atoms. The molecule has 0 aromatic heterocycles. The van der Waals surface area contributed by atoms with Crippen molar-refractivity contribution >= 4 is 5.69 Å². The van der Waals surface area contributed by atoms with Crippen molar-refractivity contribution in [2.45, 2.75) is 31.5 Å². The average molecular weight is 458 g/mol. The van der Waals surface area contributed by atoms with Crippen LogP contribution in [0.1, 0.15) is 19.8 Å². The van der Waals surface area contributed by atoms with E-state index in [0.717, 1.165) is 37.4 Å². The van der Waals surface area contributed by atoms with Crippen molar-refractivity contribution in [3.63, 3.8) is 0 Å². The van der Waals surface area contributed by atoms with E-state index in [1.54, 1.807) is 31.2 Å². The lowest BCUT2D eigenvalue weighted by Gasteiger charge is -2.33. The fraction of sp³-hybridized carbons (Fsp3) is 0.417. The largest absolute Gasteiger partial charge is 0.508 e. The third-order valence-electron chi connectivity index (χ3n) is 5.43. The zero-order valence-corrected chi connectivity index (χ0v) is 19.1. The summed E-state index contributed by atoms with van der Waals surface area (Å²) in [6.45, 7) is 3.68. The van der Waals surface area contributed by atoms with Crippen molar-refractivity contribution in [3.05, 3.63) is 65.5 Å². The molecule has 0 amide bonds. The first-order valence-electron chi connectivity index (χ1n) is 11.0. The Bertz CT molecular complexity index is 936. The van der Waals surface area contributed by atoms with E-state index in [9.17, 15) is 15.1 Å². The number of nitrogens with one attached hydrogen (secondary N) is 1. The standard InChI is InChI=1S/C24H32N4O5/c1-24(30,16-26-15-23(25)27(2)31)17-32-20-7-3-18(4-8-20)28-13-11-22(12-14-28)33-21-9-5-19(29)6-10-21/h3-10,15,22,30H,11-14,16-17,25H2,1-2H3,(H-,26,29,31)/p+1/t24-/m1/s1. The first kappa shape index (κ1) is 24.2. The molecule has 0 bridgehead atoms. The summed E-state index contributed by atoms with van der Waals surface area (Å²) in [5.74, 6) is 1.70. The molecule has 9 nitrogen and oxygen atoms in total. The molecule has 1 fully saturated rings. The van der Waals surface area contributed by atoms with Gasteiger partial charge >= 0.3 is 5.82 Å². The number of nitrogens with two attached hydrogens (primary N) is 1. The van der Waals surface area contributed by atoms with Gasteiger partial charge in [0.15, 0.2) is 0 Å². The highest BCUT2D eigenvalue weighted by molar-refractivity contribution is 5.49. The predicted octanol–water partition coefficient (Wildman–Crippen LogP) is 2.33. The van der Waals surface area contributed by atoms with E-state index < -0.39 is 5.60 Å². The second-order valence-electron chi connectivity index (χ2n) is 8.53. The van der Waals surface area contributed by atoms with Gasteiger partial charge in [0.25, 0.3) is 0 Å². The third kappa shape index (κ3) is 7.57. The molecule has 9 heteroatoms. The predicted molar refractivity (Wildman–Crippen MR) is 126 cm³/mol. The van der Waals surface area contributed by atoms with Crippen molar-refractivity contribution in [1.82, 2.24) is 5.32 Å². The summed E-state index contributed by atoms with van der Waals surface area (Å²) in [6.07, 6.45) is 3.34. The highest BCUT2D eigenvalue weighted by Gasteiger charge is 2.22. The van der Waals surface area contributed by atoms with Gasteiger partial charge in [-0.05, 0) is 60.2 Å². The van der Waals surface area contributed by atoms with Gasteiger partial charge in [0.2, 0.25) is 0 Å². The molecule has 1 saturated heterocycles. The van der Waals surface area contributed by atoms with Crippen molar-refractivity contribution in [2.75, 3.05) is 38.2 Å². The summed E-state index contributed by atoms with van der Waals surface area (Å²) in [6, 6.07) is 14.6. The van der Waals surface area contributed by atoms with Gasteiger partial charge < -0.3 is 29.9 Å². The minimum absolute atomic E-state index is 0.0262. The number of phenols is 1. The van der Waals surface area contributed by atoms with E-state index in [0.29, 0.717) is 10.5 Å². The molecule has 5 N–H and O–H groups in total. The van der Waals surface area contributed by atoms with E-state index in [2.05, 4.69) is 10.2 Å². The van der Waals surface area contributed by atoms with Crippen LogP contribution in [-0.2, 0) is 0 Å². The Morgan fingerprint density at radius 1 is 1.18 bits per heavy atom. The Kier molecular flexibility index (Phi) is 8.00. The van der Waals surface area contributed by atoms with E-state index in [-0.39, 0.29) is 30.8 Å². The van der Waals surface area contributed by atoms with Gasteiger partial charge in [-0.3, -0.25) is 5.73 Å². The van der Waals surface area contributed by atoms with Crippen LogP contribution in [0.5, 0.6) is 17.2 Å². The maximum absolute atomic E-state index is 11.0. The van der Waals surface area contributed by atoms with Crippen LogP contribution in [0.15, 0.2) is 60.6 Å². The number of nitroso groups, excluding NO2 is 1. The number of nitrogens with zero attached hydrogens (tertiary/aromatic N) is 2. The monoisotopic (exact) mass is 457 g/mol. The molecule has 1 heterocycles. The van der Waals surface area contributed by atoms with Gasteiger partial charge in [-0.2, -0.15) is 0 Å². The lowest BCUT2D eigenvalue weighted by molar-refractivity contribution is -0.468. The first-order valence-corrected chi connectivity index (χ1v) is 11.0. The number of rotatable bonds is 10. The van der Waals surface area contributed by atoms with Crippen LogP contribution in [0.4, 0.5) is 5.69 Å². The molecular formula is C24H33N4O5+. The lowest BCUT2D eigenvalue weighted by Crippen LogP contribution is -2.41. The van der Waals surface area contributed by atoms with E-state index in [4.69, 9.17) is 15.2 Å². The van der Waals surface area contributed by atoms with Crippen molar-refractivity contribution in [3.8, 4) is 17.2 Å². The molecule has 0 spiro atoms. The number of hydrogen-bond donors (Lipinski definition) is 4. The number of anilines is 1. The number of aromatic hydroxyl groups is 1. The summed E-state index contributed by atoms with van der Waals surface area (Å²) >= 11 is 0. The highest BCUT2D eigenvalue weighted by Crippen LogP contribution is 2.26. The van der Waals surface area contributed by atoms with Gasteiger partial charge in [-0.1, -0.05) is 4.91 Å². The minimum Gasteiger partial charge on any atom is -0.508 e. The molecule has 0 saturated carbocycles. The summed E-state index contributed by atoms with van der Waals surface area (Å²) in [5.41, 5.74) is 5.48. The van der Waals surface area contributed by atoms with Crippen molar-refractivity contribution in [1.29, 1.82) is 0 Å². The van der Waals surface area contributed by atoms with Gasteiger partial charge in [-0.25, -0.2) is 0 Å². The molecule has 1 aliphatic rings. The zero-order valence-electron chi connectivity index (χ0n) is 19.1. The van der Waals surface area contributed by atoms with Crippen LogP contribution in [0.3, 0.4) is 0 Å². The quantitative estimate of drug-likeness (QED) is 0.401. The smallest absolute Gasteiger partial charge is 0.326 e. The fourth-order valence-corrected chi connectivity index (χ4v) is 3.46. The van der Waals surface area contributed by atoms with Gasteiger partial charge in [0, 0.05) is 38.2 Å². The molecule has 1 aliphatic heterocycles. The Morgan fingerprint density at radius 2 is 1.79 bits per heavy atom. The second-order valence-corrected chi connectivity index (χ2v) is 8.53. The van der Waals surface area contributed by atoms with E-state index in [1.165, 1.54) is 13.2 Å². The molecule has 0 aliphatic carbocycles. The van der Waals surface area contributed by atoms with E-state index in [1.807, 2.05) is 24.3 Å². The Morgan fingerprint density at radius 3 is 2.39 bits per heavy atom. The maximum atomic E-state index is 11.0. The van der Waals surface area contributed by atoms with Gasteiger partial charge in [-0.15, -0.1) is 0 Å². The summed E-state index contributed by atoms with van der Waals surface area (Å²) < 4.78 is 12.3. The number of benzene rings is 2. The molecule has 2 aromatic carbocycles. The fourth-order valence-electron chi connectivity index (χ4n) is 3.46. The second kappa shape index (κ2) is 10.9. The number of aliphatic hydroxyl groups is 1. The Balaban J connectivity index is 1.43. The Hall–Kier alpha value is -3.46. The minimum atomic E-state index is -1.14. The zero-order chi connectivity index (χ0) is 23.8. The molecule has 0 radical (unpaired) electrons. The van der Waals surface area contributed by atoms with Crippen LogP contribution in [0, 0.1) is 4.91 Å². The van der Waals surface area contributed by atoms with Crippen LogP contribution in [-0.4, -0.2) is 60.0 Å². The van der Waals surface area contributed by atoms with Crippen LogP contribution >= 0.6 is 0 Å². The number of piperidine rings is 1. The maximum Gasteiger partial charge on any atom is 0.326 e. The van der Waals surface area contributed by atoms with Crippen molar-refractivity contribution < 1.29 is 24.4 Å². The normalized spacial score (nSPS) is 16.7. The molecule has 0 unspecified atom stereocenters. The topological polar surface area (TPSA) is 120 Å². The summed E-state index contributed by atoms with van der Waals surface area (Å²) in [7, 11) is 1.30. The van der Waals surface area contributed by atoms with E-state index >= 15 is 0 Å². The SMILES string of the molecule is C[N+](=O)/C(N)=C/NC[C@@](C)(O)COc1ccc(N2CCC(Oc3ccc(O)cc3)CC2)cc1. The molecular weight excluding hydrogens is 424 g/mol. The summed E-state index contributed by atoms with van der Waals surface area (Å²) in [4.78, 5) is 13.3.